The number of unbranched alkanes of at least 4 members (excludes halogenated alkanes) is 1. The first-order valence-corrected chi connectivity index (χ1v) is 28.1. The summed E-state index contributed by atoms with van der Waals surface area (Å²) in [6, 6.07) is 18.0. The highest BCUT2D eigenvalue weighted by Gasteiger charge is 2.33. The van der Waals surface area contributed by atoms with Crippen molar-refractivity contribution in [2.24, 2.45) is 5.41 Å². The number of likely N-dealkylation sites (N-methyl/N-ethyl adjacent to an activating group) is 1. The molecular weight excluding hydrogens is 1030 g/mol. The van der Waals surface area contributed by atoms with Gasteiger partial charge in [0.15, 0.2) is 0 Å². The number of aryl methyl sites for hydroxylation is 1. The molecule has 5 aromatic rings. The van der Waals surface area contributed by atoms with Gasteiger partial charge in [-0.05, 0) is 123 Å². The number of carbonyl (C=O) groups is 6. The Morgan fingerprint density at radius 2 is 1.65 bits per heavy atom. The Balaban J connectivity index is 0.000000251. The van der Waals surface area contributed by atoms with Crippen LogP contribution in [0.1, 0.15) is 98.2 Å². The van der Waals surface area contributed by atoms with Crippen LogP contribution >= 0.6 is 11.3 Å². The van der Waals surface area contributed by atoms with E-state index in [1.165, 1.54) is 11.2 Å². The van der Waals surface area contributed by atoms with Crippen molar-refractivity contribution in [3.63, 3.8) is 0 Å². The molecular formula is C54H70N10O11S2. The smallest absolute Gasteiger partial charge is 0.324 e. The zero-order valence-corrected chi connectivity index (χ0v) is 45.8. The number of carboxylic acids is 2. The third-order valence-electron chi connectivity index (χ3n) is 13.1. The second kappa shape index (κ2) is 27.7. The lowest BCUT2D eigenvalue weighted by molar-refractivity contribution is -0.147. The lowest BCUT2D eigenvalue weighted by atomic mass is 9.87. The van der Waals surface area contributed by atoms with Gasteiger partial charge in [0.1, 0.15) is 23.4 Å². The molecule has 7 N–H and O–H groups in total. The number of anilines is 3. The third kappa shape index (κ3) is 18.5. The molecule has 0 bridgehead atoms. The maximum absolute atomic E-state index is 13.1. The highest BCUT2D eigenvalue weighted by Crippen LogP contribution is 2.37. The summed E-state index contributed by atoms with van der Waals surface area (Å²) < 4.78 is 32.1. The number of pyridine rings is 2. The molecule has 23 heteroatoms. The number of aliphatic carboxylic acids is 2. The van der Waals surface area contributed by atoms with Crippen LogP contribution in [-0.2, 0) is 55.0 Å². The first-order chi connectivity index (χ1) is 36.7. The maximum atomic E-state index is 13.1. The molecule has 0 radical (unpaired) electrons. The molecule has 77 heavy (non-hydrogen) atoms. The van der Waals surface area contributed by atoms with E-state index < -0.39 is 33.4 Å². The van der Waals surface area contributed by atoms with Crippen molar-refractivity contribution in [2.75, 3.05) is 54.9 Å². The van der Waals surface area contributed by atoms with Crippen molar-refractivity contribution in [1.82, 2.24) is 34.7 Å². The van der Waals surface area contributed by atoms with E-state index >= 15 is 0 Å². The summed E-state index contributed by atoms with van der Waals surface area (Å²) in [6.45, 7) is 9.59. The van der Waals surface area contributed by atoms with Gasteiger partial charge in [-0.2, -0.15) is 0 Å². The number of rotatable bonds is 22. The average Bonchev–Trinajstić information content (AvgIpc) is 4.18. The van der Waals surface area contributed by atoms with Gasteiger partial charge in [0.05, 0.1) is 43.0 Å². The van der Waals surface area contributed by atoms with Crippen molar-refractivity contribution in [1.29, 1.82) is 0 Å². The van der Waals surface area contributed by atoms with E-state index in [2.05, 4.69) is 36.0 Å². The topological polar surface area (TPSA) is 286 Å². The first-order valence-electron chi connectivity index (χ1n) is 25.6. The summed E-state index contributed by atoms with van der Waals surface area (Å²) in [6.07, 6.45) is 9.58. The quantitative estimate of drug-likeness (QED) is 0.0358. The van der Waals surface area contributed by atoms with Gasteiger partial charge in [0.2, 0.25) is 21.8 Å². The molecule has 2 aliphatic rings. The van der Waals surface area contributed by atoms with E-state index in [0.717, 1.165) is 34.4 Å². The number of benzene rings is 1. The summed E-state index contributed by atoms with van der Waals surface area (Å²) in [5.74, 6) is -0.921. The molecule has 2 fully saturated rings. The zero-order chi connectivity index (χ0) is 55.7. The monoisotopic (exact) mass is 1100 g/mol. The van der Waals surface area contributed by atoms with E-state index in [1.54, 1.807) is 81.0 Å². The summed E-state index contributed by atoms with van der Waals surface area (Å²) in [7, 11) is -2.06. The minimum Gasteiger partial charge on any atom is -0.481 e. The largest absolute Gasteiger partial charge is 0.481 e. The number of piperidine rings is 1. The lowest BCUT2D eigenvalue weighted by Gasteiger charge is -2.32. The summed E-state index contributed by atoms with van der Waals surface area (Å²) >= 11 is 1.59. The second-order valence-corrected chi connectivity index (χ2v) is 22.8. The standard InChI is InChI=1S/C27H40N6O7S.C27H30N4O4S/c1-4-5-13-41(38,39)31-23(26(35)36)15-20-14-22(40-18-20)16-32(3)24(34)17-33-11-8-21(9-12-33)29-27(37)30-25-19(2)7-6-10-28-25;1-27(2,25(33)34)15-19-13-22(36-17-19)21-9-6-12-31(21)24(32)14-18-10-11-23(28-16-18)30-26(35)29-20-7-4-3-5-8-20/h6-7,10,14,18,21,23,31H,4-5,8-9,11-13,15-17H2,1-3H3,(H,35,36)(H2,28,29,30,37);3-5,7-8,10-11,13,16-17,21H,6,9,12,14-15H2,1-2H3,(H,33,34)(H2,28,29,30,35). The van der Waals surface area contributed by atoms with Gasteiger partial charge in [-0.15, -0.1) is 11.3 Å². The number of amides is 6. The van der Waals surface area contributed by atoms with Crippen LogP contribution < -0.4 is 26.0 Å². The predicted octanol–water partition coefficient (Wildman–Crippen LogP) is 7.29. The van der Waals surface area contributed by atoms with Crippen LogP contribution in [0.15, 0.2) is 95.2 Å². The molecule has 7 rings (SSSR count). The minimum absolute atomic E-state index is 0.00427. The highest BCUT2D eigenvalue weighted by atomic mass is 32.2. The van der Waals surface area contributed by atoms with Crippen LogP contribution in [0, 0.1) is 12.3 Å². The van der Waals surface area contributed by atoms with Gasteiger partial charge in [-0.25, -0.2) is 32.7 Å². The highest BCUT2D eigenvalue weighted by molar-refractivity contribution is 7.89. The molecule has 414 valence electrons. The molecule has 1 aromatic carbocycles. The number of hydrogen-bond acceptors (Lipinski definition) is 13. The molecule has 4 aromatic heterocycles. The molecule has 0 saturated carbocycles. The minimum atomic E-state index is -3.72. The van der Waals surface area contributed by atoms with Crippen molar-refractivity contribution in [3.05, 3.63) is 124 Å². The van der Waals surface area contributed by atoms with Crippen molar-refractivity contribution < 1.29 is 51.8 Å². The number of aromatic nitrogens is 2. The summed E-state index contributed by atoms with van der Waals surface area (Å²) in [4.78, 5) is 88.6. The van der Waals surface area contributed by atoms with Gasteiger partial charge < -0.3 is 35.1 Å². The maximum Gasteiger partial charge on any atom is 0.324 e. The molecule has 2 atom stereocenters. The molecule has 6 amide bonds. The molecule has 0 aliphatic carbocycles. The number of likely N-dealkylation sites (tertiary alicyclic amines) is 2. The lowest BCUT2D eigenvalue weighted by Crippen LogP contribution is -2.48. The number of thiophene rings is 1. The molecule has 2 aliphatic heterocycles. The van der Waals surface area contributed by atoms with Crippen LogP contribution in [0.25, 0.3) is 0 Å². The van der Waals surface area contributed by atoms with Gasteiger partial charge in [-0.1, -0.05) is 43.7 Å². The Kier molecular flexibility index (Phi) is 21.3. The number of sulfonamides is 1. The van der Waals surface area contributed by atoms with Crippen molar-refractivity contribution >= 4 is 74.5 Å². The summed E-state index contributed by atoms with van der Waals surface area (Å²) in [5, 5.41) is 32.1. The molecule has 2 saturated heterocycles. The number of carbonyl (C=O) groups excluding carboxylic acids is 4. The summed E-state index contributed by atoms with van der Waals surface area (Å²) in [5.41, 5.74) is 3.00. The number of hydrogen-bond donors (Lipinski definition) is 7. The van der Waals surface area contributed by atoms with Crippen LogP contribution in [0.3, 0.4) is 0 Å². The number of furan rings is 1. The third-order valence-corrected chi connectivity index (χ3v) is 15.7. The first kappa shape index (κ1) is 59.0. The normalized spacial score (nSPS) is 15.4. The fraction of sp³-hybridized carbons (Fsp3) is 0.444. The predicted molar refractivity (Wildman–Crippen MR) is 293 cm³/mol. The van der Waals surface area contributed by atoms with Crippen LogP contribution in [0.5, 0.6) is 0 Å². The number of urea groups is 2. The van der Waals surface area contributed by atoms with Gasteiger partial charge in [-0.3, -0.25) is 34.7 Å². The number of carboxylic acid groups (broad SMARTS) is 2. The Morgan fingerprint density at radius 1 is 0.896 bits per heavy atom. The Morgan fingerprint density at radius 3 is 2.32 bits per heavy atom. The van der Waals surface area contributed by atoms with E-state index in [1.807, 2.05) is 59.4 Å². The number of para-hydroxylation sites is 1. The number of nitrogens with zero attached hydrogens (tertiary/aromatic N) is 5. The number of nitrogens with one attached hydrogen (secondary N) is 5. The molecule has 2 unspecified atom stereocenters. The average molecular weight is 1100 g/mol. The van der Waals surface area contributed by atoms with E-state index in [0.29, 0.717) is 80.4 Å². The molecule has 6 heterocycles. The van der Waals surface area contributed by atoms with Crippen LogP contribution in [0.4, 0.5) is 26.9 Å². The van der Waals surface area contributed by atoms with Gasteiger partial charge in [0.25, 0.3) is 0 Å². The van der Waals surface area contributed by atoms with E-state index in [9.17, 15) is 47.4 Å². The van der Waals surface area contributed by atoms with Gasteiger partial charge >= 0.3 is 24.0 Å². The Bertz CT molecular complexity index is 2910. The second-order valence-electron chi connectivity index (χ2n) is 20.0. The van der Waals surface area contributed by atoms with Crippen LogP contribution in [-0.4, -0.2) is 130 Å². The van der Waals surface area contributed by atoms with Crippen molar-refractivity contribution in [3.8, 4) is 0 Å². The van der Waals surface area contributed by atoms with E-state index in [-0.39, 0.29) is 67.6 Å². The zero-order valence-electron chi connectivity index (χ0n) is 44.1. The fourth-order valence-corrected chi connectivity index (χ4v) is 11.2. The van der Waals surface area contributed by atoms with Crippen LogP contribution in [0.2, 0.25) is 0 Å². The molecule has 0 spiro atoms. The Labute approximate surface area is 453 Å². The molecule has 21 nitrogen and oxygen atoms in total. The van der Waals surface area contributed by atoms with E-state index in [4.69, 9.17) is 4.42 Å². The van der Waals surface area contributed by atoms with Gasteiger partial charge in [0, 0.05) is 62.1 Å². The van der Waals surface area contributed by atoms with Crippen molar-refractivity contribution in [2.45, 2.75) is 110 Å². The SMILES string of the molecule is CC(C)(Cc1csc(C2CCCN2C(=O)Cc2ccc(NC(=O)Nc3ccccc3)nc2)c1)C(=O)O.CCCCS(=O)(=O)NC(Cc1coc(CN(C)C(=O)CN2CCC(NC(=O)Nc3ncccc3C)CC2)c1)C(=O)O. The Hall–Kier alpha value is -7.21. The fourth-order valence-electron chi connectivity index (χ4n) is 8.74.